The third-order valence-electron chi connectivity index (χ3n) is 4.51. The molecule has 1 aliphatic rings. The number of amides is 1. The van der Waals surface area contributed by atoms with Gasteiger partial charge in [-0.25, -0.2) is 4.79 Å². The van der Waals surface area contributed by atoms with E-state index in [9.17, 15) is 14.7 Å². The second kappa shape index (κ2) is 7.49. The average molecular weight is 339 g/mol. The number of benzene rings is 2. The van der Waals surface area contributed by atoms with Gasteiger partial charge in [0.2, 0.25) is 0 Å². The van der Waals surface area contributed by atoms with Crippen molar-refractivity contribution in [3.63, 3.8) is 0 Å². The molecular weight excluding hydrogens is 318 g/mol. The van der Waals surface area contributed by atoms with Gasteiger partial charge < -0.3 is 14.7 Å². The summed E-state index contributed by atoms with van der Waals surface area (Å²) in [6.45, 7) is 2.06. The standard InChI is InChI=1S/C20H21NO4/c1-21(12-14-10-11-25-13-14)19(22)17-8-4-2-6-15(17)16-7-3-5-9-18(16)20(23)24/h2-9,14H,10-13H2,1H3,(H,23,24)/t14-/m1/s1. The van der Waals surface area contributed by atoms with Crippen molar-refractivity contribution in [3.8, 4) is 11.1 Å². The Kier molecular flexibility index (Phi) is 5.14. The van der Waals surface area contributed by atoms with Gasteiger partial charge in [0, 0.05) is 31.7 Å². The lowest BCUT2D eigenvalue weighted by Gasteiger charge is -2.22. The lowest BCUT2D eigenvalue weighted by molar-refractivity contribution is 0.0696. The first-order valence-corrected chi connectivity index (χ1v) is 8.33. The minimum absolute atomic E-state index is 0.109. The lowest BCUT2D eigenvalue weighted by atomic mass is 9.94. The molecule has 0 aliphatic carbocycles. The first kappa shape index (κ1) is 17.2. The molecule has 1 amide bonds. The number of hydrogen-bond donors (Lipinski definition) is 1. The predicted molar refractivity (Wildman–Crippen MR) is 94.7 cm³/mol. The number of carboxylic acid groups (broad SMARTS) is 1. The maximum absolute atomic E-state index is 12.9. The van der Waals surface area contributed by atoms with Crippen molar-refractivity contribution < 1.29 is 19.4 Å². The Hall–Kier alpha value is -2.66. The third-order valence-corrected chi connectivity index (χ3v) is 4.51. The van der Waals surface area contributed by atoms with Crippen molar-refractivity contribution in [2.45, 2.75) is 6.42 Å². The number of carbonyl (C=O) groups is 2. The monoisotopic (exact) mass is 339 g/mol. The molecule has 3 rings (SSSR count). The molecule has 1 fully saturated rings. The topological polar surface area (TPSA) is 66.8 Å². The van der Waals surface area contributed by atoms with E-state index in [1.165, 1.54) is 0 Å². The maximum atomic E-state index is 12.9. The van der Waals surface area contributed by atoms with E-state index in [1.807, 2.05) is 6.07 Å². The van der Waals surface area contributed by atoms with Crippen molar-refractivity contribution in [2.75, 3.05) is 26.8 Å². The van der Waals surface area contributed by atoms with E-state index in [1.54, 1.807) is 54.4 Å². The number of carboxylic acids is 1. The fraction of sp³-hybridized carbons (Fsp3) is 0.300. The molecule has 0 radical (unpaired) electrons. The van der Waals surface area contributed by atoms with Gasteiger partial charge in [-0.15, -0.1) is 0 Å². The van der Waals surface area contributed by atoms with Crippen molar-refractivity contribution >= 4 is 11.9 Å². The molecular formula is C20H21NO4. The van der Waals surface area contributed by atoms with Crippen molar-refractivity contribution in [3.05, 3.63) is 59.7 Å². The largest absolute Gasteiger partial charge is 0.478 e. The van der Waals surface area contributed by atoms with Crippen LogP contribution in [0.1, 0.15) is 27.1 Å². The van der Waals surface area contributed by atoms with E-state index in [0.29, 0.717) is 35.8 Å². The average Bonchev–Trinajstić information content (AvgIpc) is 3.14. The van der Waals surface area contributed by atoms with Gasteiger partial charge >= 0.3 is 5.97 Å². The Labute approximate surface area is 146 Å². The van der Waals surface area contributed by atoms with Crippen LogP contribution in [0.3, 0.4) is 0 Å². The Morgan fingerprint density at radius 1 is 1.08 bits per heavy atom. The molecule has 130 valence electrons. The summed E-state index contributed by atoms with van der Waals surface area (Å²) in [7, 11) is 1.78. The number of ether oxygens (including phenoxy) is 1. The van der Waals surface area contributed by atoms with Gasteiger partial charge in [-0.05, 0) is 29.7 Å². The van der Waals surface area contributed by atoms with Gasteiger partial charge in [0.25, 0.3) is 5.91 Å². The fourth-order valence-electron chi connectivity index (χ4n) is 3.21. The molecule has 0 saturated carbocycles. The summed E-state index contributed by atoms with van der Waals surface area (Å²) in [6, 6.07) is 13.9. The number of hydrogen-bond acceptors (Lipinski definition) is 3. The van der Waals surface area contributed by atoms with E-state index in [-0.39, 0.29) is 11.5 Å². The Balaban J connectivity index is 1.93. The van der Waals surface area contributed by atoms with Crippen LogP contribution in [0.4, 0.5) is 0 Å². The fourth-order valence-corrected chi connectivity index (χ4v) is 3.21. The number of aromatic carboxylic acids is 1. The summed E-state index contributed by atoms with van der Waals surface area (Å²) in [5.41, 5.74) is 1.89. The molecule has 25 heavy (non-hydrogen) atoms. The molecule has 2 aromatic carbocycles. The van der Waals surface area contributed by atoms with E-state index in [4.69, 9.17) is 4.74 Å². The first-order chi connectivity index (χ1) is 12.1. The molecule has 1 saturated heterocycles. The molecule has 2 aromatic rings. The van der Waals surface area contributed by atoms with Crippen molar-refractivity contribution in [1.29, 1.82) is 0 Å². The zero-order chi connectivity index (χ0) is 17.8. The quantitative estimate of drug-likeness (QED) is 0.909. The summed E-state index contributed by atoms with van der Waals surface area (Å²) >= 11 is 0. The smallest absolute Gasteiger partial charge is 0.336 e. The summed E-state index contributed by atoms with van der Waals surface area (Å²) in [5, 5.41) is 9.45. The molecule has 5 nitrogen and oxygen atoms in total. The molecule has 0 bridgehead atoms. The molecule has 5 heteroatoms. The SMILES string of the molecule is CN(C[C@H]1CCOC1)C(=O)c1ccccc1-c1ccccc1C(=O)O. The number of carbonyl (C=O) groups excluding carboxylic acids is 1. The molecule has 1 heterocycles. The highest BCUT2D eigenvalue weighted by atomic mass is 16.5. The minimum Gasteiger partial charge on any atom is -0.478 e. The van der Waals surface area contributed by atoms with Gasteiger partial charge in [-0.1, -0.05) is 36.4 Å². The first-order valence-electron chi connectivity index (χ1n) is 8.33. The highest BCUT2D eigenvalue weighted by Crippen LogP contribution is 2.28. The molecule has 1 N–H and O–H groups in total. The minimum atomic E-state index is -1.01. The van der Waals surface area contributed by atoms with Gasteiger partial charge in [-0.3, -0.25) is 4.79 Å². The van der Waals surface area contributed by atoms with Gasteiger partial charge in [0.15, 0.2) is 0 Å². The van der Waals surface area contributed by atoms with Crippen molar-refractivity contribution in [2.24, 2.45) is 5.92 Å². The molecule has 1 atom stereocenters. The second-order valence-electron chi connectivity index (χ2n) is 6.31. The van der Waals surface area contributed by atoms with E-state index >= 15 is 0 Å². The normalized spacial score (nSPS) is 16.6. The summed E-state index contributed by atoms with van der Waals surface area (Å²) in [6.07, 6.45) is 0.959. The van der Waals surface area contributed by atoms with Gasteiger partial charge in [-0.2, -0.15) is 0 Å². The molecule has 1 aliphatic heterocycles. The van der Waals surface area contributed by atoms with Crippen LogP contribution in [-0.4, -0.2) is 48.7 Å². The zero-order valence-electron chi connectivity index (χ0n) is 14.1. The van der Waals surface area contributed by atoms with Crippen LogP contribution in [0.2, 0.25) is 0 Å². The molecule has 0 unspecified atom stereocenters. The second-order valence-corrected chi connectivity index (χ2v) is 6.31. The number of nitrogens with zero attached hydrogens (tertiary/aromatic N) is 1. The van der Waals surface area contributed by atoms with Crippen LogP contribution >= 0.6 is 0 Å². The molecule has 0 aromatic heterocycles. The molecule has 0 spiro atoms. The van der Waals surface area contributed by atoms with Crippen LogP contribution in [0.5, 0.6) is 0 Å². The zero-order valence-corrected chi connectivity index (χ0v) is 14.1. The summed E-state index contributed by atoms with van der Waals surface area (Å²) in [5.74, 6) is -0.760. The van der Waals surface area contributed by atoms with E-state index < -0.39 is 5.97 Å². The Morgan fingerprint density at radius 3 is 2.28 bits per heavy atom. The maximum Gasteiger partial charge on any atom is 0.336 e. The third kappa shape index (κ3) is 3.72. The van der Waals surface area contributed by atoms with Gasteiger partial charge in [0.05, 0.1) is 12.2 Å². The van der Waals surface area contributed by atoms with Crippen LogP contribution in [-0.2, 0) is 4.74 Å². The predicted octanol–water partition coefficient (Wildman–Crippen LogP) is 3.16. The summed E-state index contributed by atoms with van der Waals surface area (Å²) < 4.78 is 5.38. The Bertz CT molecular complexity index is 781. The van der Waals surface area contributed by atoms with E-state index in [0.717, 1.165) is 13.0 Å². The van der Waals surface area contributed by atoms with Gasteiger partial charge in [0.1, 0.15) is 0 Å². The lowest BCUT2D eigenvalue weighted by Crippen LogP contribution is -2.32. The highest BCUT2D eigenvalue weighted by molar-refractivity contribution is 6.04. The van der Waals surface area contributed by atoms with E-state index in [2.05, 4.69) is 0 Å². The number of rotatable bonds is 5. The van der Waals surface area contributed by atoms with Crippen LogP contribution in [0, 0.1) is 5.92 Å². The van der Waals surface area contributed by atoms with Crippen LogP contribution < -0.4 is 0 Å². The van der Waals surface area contributed by atoms with Crippen LogP contribution in [0.15, 0.2) is 48.5 Å². The Morgan fingerprint density at radius 2 is 1.68 bits per heavy atom. The summed E-state index contributed by atoms with van der Waals surface area (Å²) in [4.78, 5) is 26.2. The highest BCUT2D eigenvalue weighted by Gasteiger charge is 2.23. The van der Waals surface area contributed by atoms with Crippen molar-refractivity contribution in [1.82, 2.24) is 4.90 Å². The van der Waals surface area contributed by atoms with Crippen LogP contribution in [0.25, 0.3) is 11.1 Å².